The van der Waals surface area contributed by atoms with Gasteiger partial charge < -0.3 is 15.1 Å². The minimum atomic E-state index is -0.259. The molecule has 0 saturated heterocycles. The number of carbonyl (C=O) groups is 2. The molecule has 86 valence electrons. The van der Waals surface area contributed by atoms with Crippen molar-refractivity contribution in [3.63, 3.8) is 0 Å². The zero-order valence-electron chi connectivity index (χ0n) is 8.86. The lowest BCUT2D eigenvalue weighted by Crippen LogP contribution is -2.35. The highest BCUT2D eigenvalue weighted by molar-refractivity contribution is 5.91. The van der Waals surface area contributed by atoms with Crippen molar-refractivity contribution in [2.75, 3.05) is 13.1 Å². The molecule has 5 heteroatoms. The first kappa shape index (κ1) is 10.7. The summed E-state index contributed by atoms with van der Waals surface area (Å²) in [6, 6.07) is 3.25. The van der Waals surface area contributed by atoms with Crippen molar-refractivity contribution in [2.45, 2.75) is 12.8 Å². The van der Waals surface area contributed by atoms with Gasteiger partial charge >= 0.3 is 0 Å². The normalized spacial score (nSPS) is 14.5. The monoisotopic (exact) mass is 222 g/mol. The Labute approximate surface area is 93.2 Å². The van der Waals surface area contributed by atoms with Crippen molar-refractivity contribution < 1.29 is 14.0 Å². The van der Waals surface area contributed by atoms with Crippen LogP contribution in [0.15, 0.2) is 22.8 Å². The van der Waals surface area contributed by atoms with Crippen LogP contribution in [0.3, 0.4) is 0 Å². The third-order valence-corrected chi connectivity index (χ3v) is 2.40. The van der Waals surface area contributed by atoms with Gasteiger partial charge in [0.1, 0.15) is 0 Å². The average molecular weight is 222 g/mol. The molecule has 1 aliphatic rings. The van der Waals surface area contributed by atoms with Crippen LogP contribution in [0.4, 0.5) is 0 Å². The molecule has 2 amide bonds. The molecule has 2 N–H and O–H groups in total. The molecule has 1 saturated carbocycles. The first-order chi connectivity index (χ1) is 7.77. The van der Waals surface area contributed by atoms with Crippen LogP contribution in [-0.4, -0.2) is 24.9 Å². The maximum atomic E-state index is 11.4. The Balaban J connectivity index is 1.60. The van der Waals surface area contributed by atoms with Gasteiger partial charge in [-0.25, -0.2) is 0 Å². The predicted molar refractivity (Wildman–Crippen MR) is 56.8 cm³/mol. The number of nitrogens with one attached hydrogen (secondary N) is 2. The van der Waals surface area contributed by atoms with E-state index in [0.717, 1.165) is 12.8 Å². The first-order valence-electron chi connectivity index (χ1n) is 5.37. The molecule has 5 nitrogen and oxygen atoms in total. The van der Waals surface area contributed by atoms with Gasteiger partial charge in [0, 0.05) is 19.0 Å². The second kappa shape index (κ2) is 4.83. The highest BCUT2D eigenvalue weighted by Gasteiger charge is 2.28. The Bertz CT molecular complexity index is 369. The van der Waals surface area contributed by atoms with Crippen LogP contribution < -0.4 is 10.6 Å². The van der Waals surface area contributed by atoms with Crippen molar-refractivity contribution in [3.8, 4) is 0 Å². The Morgan fingerprint density at radius 2 is 2.06 bits per heavy atom. The molecule has 1 fully saturated rings. The van der Waals surface area contributed by atoms with Crippen molar-refractivity contribution in [2.24, 2.45) is 5.92 Å². The van der Waals surface area contributed by atoms with Gasteiger partial charge in [-0.3, -0.25) is 9.59 Å². The fourth-order valence-corrected chi connectivity index (χ4v) is 1.35. The van der Waals surface area contributed by atoms with Crippen LogP contribution in [0.25, 0.3) is 0 Å². The highest BCUT2D eigenvalue weighted by Crippen LogP contribution is 2.28. The fraction of sp³-hybridized carbons (Fsp3) is 0.455. The lowest BCUT2D eigenvalue weighted by atomic mass is 10.4. The topological polar surface area (TPSA) is 71.3 Å². The average Bonchev–Trinajstić information content (AvgIpc) is 2.99. The largest absolute Gasteiger partial charge is 0.459 e. The molecule has 0 spiro atoms. The summed E-state index contributed by atoms with van der Waals surface area (Å²) < 4.78 is 4.92. The van der Waals surface area contributed by atoms with Crippen LogP contribution in [0.5, 0.6) is 0 Å². The smallest absolute Gasteiger partial charge is 0.287 e. The maximum absolute atomic E-state index is 11.4. The van der Waals surface area contributed by atoms with E-state index in [0.29, 0.717) is 13.1 Å². The van der Waals surface area contributed by atoms with Gasteiger partial charge in [-0.15, -0.1) is 0 Å². The molecule has 1 aromatic rings. The molecule has 0 unspecified atom stereocenters. The molecular formula is C11H14N2O3. The predicted octanol–water partition coefficient (Wildman–Crippen LogP) is 0.536. The minimum Gasteiger partial charge on any atom is -0.459 e. The second-order valence-electron chi connectivity index (χ2n) is 3.80. The van der Waals surface area contributed by atoms with E-state index in [2.05, 4.69) is 10.6 Å². The number of furan rings is 1. The molecule has 0 atom stereocenters. The van der Waals surface area contributed by atoms with E-state index >= 15 is 0 Å². The van der Waals surface area contributed by atoms with Gasteiger partial charge in [-0.2, -0.15) is 0 Å². The van der Waals surface area contributed by atoms with E-state index in [1.807, 2.05) is 0 Å². The Kier molecular flexibility index (Phi) is 3.24. The summed E-state index contributed by atoms with van der Waals surface area (Å²) >= 11 is 0. The van der Waals surface area contributed by atoms with Gasteiger partial charge in [-0.1, -0.05) is 0 Å². The lowest BCUT2D eigenvalue weighted by Gasteiger charge is -2.04. The quantitative estimate of drug-likeness (QED) is 0.714. The second-order valence-corrected chi connectivity index (χ2v) is 3.80. The van der Waals surface area contributed by atoms with Gasteiger partial charge in [-0.05, 0) is 25.0 Å². The molecule has 0 aliphatic heterocycles. The first-order valence-corrected chi connectivity index (χ1v) is 5.37. The van der Waals surface area contributed by atoms with E-state index in [-0.39, 0.29) is 23.5 Å². The zero-order valence-corrected chi connectivity index (χ0v) is 8.86. The van der Waals surface area contributed by atoms with Crippen molar-refractivity contribution in [1.82, 2.24) is 10.6 Å². The van der Waals surface area contributed by atoms with Crippen molar-refractivity contribution in [3.05, 3.63) is 24.2 Å². The summed E-state index contributed by atoms with van der Waals surface area (Å²) in [6.45, 7) is 0.875. The Morgan fingerprint density at radius 1 is 1.31 bits per heavy atom. The number of amides is 2. The van der Waals surface area contributed by atoms with E-state index < -0.39 is 0 Å². The summed E-state index contributed by atoms with van der Waals surface area (Å²) in [5.74, 6) is 0.326. The lowest BCUT2D eigenvalue weighted by molar-refractivity contribution is -0.122. The maximum Gasteiger partial charge on any atom is 0.287 e. The SMILES string of the molecule is O=C(NCCNC(=O)C1CC1)c1ccco1. The van der Waals surface area contributed by atoms with Gasteiger partial charge in [0.25, 0.3) is 5.91 Å². The summed E-state index contributed by atoms with van der Waals surface area (Å²) in [6.07, 6.45) is 3.43. The fourth-order valence-electron chi connectivity index (χ4n) is 1.35. The third kappa shape index (κ3) is 2.85. The third-order valence-electron chi connectivity index (χ3n) is 2.40. The van der Waals surface area contributed by atoms with Gasteiger partial charge in [0.2, 0.25) is 5.91 Å². The Hall–Kier alpha value is -1.78. The molecule has 0 bridgehead atoms. The minimum absolute atomic E-state index is 0.0900. The van der Waals surface area contributed by atoms with Crippen LogP contribution >= 0.6 is 0 Å². The molecule has 2 rings (SSSR count). The van der Waals surface area contributed by atoms with Crippen LogP contribution in [0.1, 0.15) is 23.4 Å². The molecule has 1 aromatic heterocycles. The summed E-state index contributed by atoms with van der Waals surface area (Å²) in [5, 5.41) is 5.41. The summed E-state index contributed by atoms with van der Waals surface area (Å²) in [4.78, 5) is 22.6. The molecule has 1 aliphatic carbocycles. The van der Waals surface area contributed by atoms with Gasteiger partial charge in [0.05, 0.1) is 6.26 Å². The van der Waals surface area contributed by atoms with E-state index in [1.165, 1.54) is 6.26 Å². The number of rotatable bonds is 5. The Morgan fingerprint density at radius 3 is 2.69 bits per heavy atom. The summed E-state index contributed by atoms with van der Waals surface area (Å²) in [5.41, 5.74) is 0. The number of hydrogen-bond acceptors (Lipinski definition) is 3. The van der Waals surface area contributed by atoms with E-state index in [1.54, 1.807) is 12.1 Å². The molecular weight excluding hydrogens is 208 g/mol. The van der Waals surface area contributed by atoms with Crippen molar-refractivity contribution >= 4 is 11.8 Å². The standard InChI is InChI=1S/C11H14N2O3/c14-10(8-3-4-8)12-5-6-13-11(15)9-2-1-7-16-9/h1-2,7-8H,3-6H2,(H,12,14)(H,13,15). The number of hydrogen-bond donors (Lipinski definition) is 2. The van der Waals surface area contributed by atoms with Crippen LogP contribution in [-0.2, 0) is 4.79 Å². The van der Waals surface area contributed by atoms with Crippen LogP contribution in [0.2, 0.25) is 0 Å². The van der Waals surface area contributed by atoms with E-state index in [9.17, 15) is 9.59 Å². The molecule has 16 heavy (non-hydrogen) atoms. The summed E-state index contributed by atoms with van der Waals surface area (Å²) in [7, 11) is 0. The van der Waals surface area contributed by atoms with E-state index in [4.69, 9.17) is 4.42 Å². The molecule has 1 heterocycles. The van der Waals surface area contributed by atoms with Crippen molar-refractivity contribution in [1.29, 1.82) is 0 Å². The van der Waals surface area contributed by atoms with Gasteiger partial charge in [0.15, 0.2) is 5.76 Å². The molecule has 0 aromatic carbocycles. The zero-order chi connectivity index (χ0) is 11.4. The molecule has 0 radical (unpaired) electrons. The highest BCUT2D eigenvalue weighted by atomic mass is 16.3. The van der Waals surface area contributed by atoms with Crippen LogP contribution in [0, 0.1) is 5.92 Å². The number of carbonyl (C=O) groups excluding carboxylic acids is 2.